The van der Waals surface area contributed by atoms with Crippen molar-refractivity contribution in [3.05, 3.63) is 53.6 Å². The molecule has 3 rings (SSSR count). The van der Waals surface area contributed by atoms with Crippen LogP contribution in [0.15, 0.2) is 47.4 Å². The number of nitrogens with two attached hydrogens (primary N) is 1. The van der Waals surface area contributed by atoms with Crippen molar-refractivity contribution in [3.8, 4) is 0 Å². The van der Waals surface area contributed by atoms with Crippen LogP contribution in [0.25, 0.3) is 11.0 Å². The fraction of sp³-hybridized carbons (Fsp3) is 0.235. The number of amides is 1. The van der Waals surface area contributed by atoms with Gasteiger partial charge in [-0.2, -0.15) is 0 Å². The van der Waals surface area contributed by atoms with Gasteiger partial charge in [0.2, 0.25) is 10.0 Å². The molecule has 0 aliphatic rings. The monoisotopic (exact) mass is 373 g/mol. The highest BCUT2D eigenvalue weighted by molar-refractivity contribution is 7.89. The lowest BCUT2D eigenvalue weighted by molar-refractivity contribution is 0.0940. The van der Waals surface area contributed by atoms with E-state index >= 15 is 0 Å². The molecule has 9 heteroatoms. The number of hydrogen-bond acceptors (Lipinski definition) is 5. The van der Waals surface area contributed by atoms with Crippen LogP contribution in [0.2, 0.25) is 0 Å². The lowest BCUT2D eigenvalue weighted by Crippen LogP contribution is -2.26. The highest BCUT2D eigenvalue weighted by atomic mass is 32.2. The number of rotatable bonds is 5. The van der Waals surface area contributed by atoms with Crippen LogP contribution in [0.3, 0.4) is 0 Å². The Bertz CT molecular complexity index is 1060. The van der Waals surface area contributed by atoms with E-state index in [9.17, 15) is 13.2 Å². The van der Waals surface area contributed by atoms with E-state index in [0.29, 0.717) is 17.6 Å². The molecule has 0 fully saturated rings. The molecule has 2 aromatic carbocycles. The van der Waals surface area contributed by atoms with E-state index in [2.05, 4.69) is 15.6 Å². The third-order valence-corrected chi connectivity index (χ3v) is 5.06. The molecular formula is C17H19N5O3S. The van der Waals surface area contributed by atoms with Crippen molar-refractivity contribution >= 4 is 27.0 Å². The van der Waals surface area contributed by atoms with E-state index in [-0.39, 0.29) is 16.8 Å². The molecule has 1 amide bonds. The number of carbonyl (C=O) groups is 1. The smallest absolute Gasteiger partial charge is 0.251 e. The van der Waals surface area contributed by atoms with E-state index < -0.39 is 10.0 Å². The number of hydrogen-bond donors (Lipinski definition) is 2. The molecule has 0 unspecified atom stereocenters. The molecule has 136 valence electrons. The van der Waals surface area contributed by atoms with Gasteiger partial charge >= 0.3 is 0 Å². The second kappa shape index (κ2) is 6.85. The van der Waals surface area contributed by atoms with Gasteiger partial charge < -0.3 is 5.32 Å². The van der Waals surface area contributed by atoms with Crippen molar-refractivity contribution in [3.63, 3.8) is 0 Å². The van der Waals surface area contributed by atoms with Gasteiger partial charge in [-0.25, -0.2) is 18.2 Å². The molecule has 3 aromatic rings. The molecule has 3 N–H and O–H groups in total. The first kappa shape index (κ1) is 18.0. The van der Waals surface area contributed by atoms with Crippen molar-refractivity contribution in [2.75, 3.05) is 0 Å². The molecule has 1 atom stereocenters. The lowest BCUT2D eigenvalue weighted by atomic mass is 10.1. The molecule has 8 nitrogen and oxygen atoms in total. The van der Waals surface area contributed by atoms with Crippen LogP contribution < -0.4 is 10.5 Å². The minimum absolute atomic E-state index is 0.0317. The van der Waals surface area contributed by atoms with E-state index in [0.717, 1.165) is 11.1 Å². The van der Waals surface area contributed by atoms with Crippen LogP contribution in [0, 0.1) is 0 Å². The summed E-state index contributed by atoms with van der Waals surface area (Å²) >= 11 is 0. The van der Waals surface area contributed by atoms with Crippen LogP contribution in [0.1, 0.15) is 35.8 Å². The van der Waals surface area contributed by atoms with Crippen LogP contribution in [-0.4, -0.2) is 29.3 Å². The number of aryl methyl sites for hydroxylation is 1. The summed E-state index contributed by atoms with van der Waals surface area (Å²) in [4.78, 5) is 12.5. The first-order valence-corrected chi connectivity index (χ1v) is 9.61. The first-order valence-electron chi connectivity index (χ1n) is 8.06. The number of primary sulfonamides is 1. The van der Waals surface area contributed by atoms with Gasteiger partial charge in [-0.3, -0.25) is 4.79 Å². The lowest BCUT2D eigenvalue weighted by Gasteiger charge is -2.15. The minimum Gasteiger partial charge on any atom is -0.346 e. The predicted molar refractivity (Wildman–Crippen MR) is 96.9 cm³/mol. The topological polar surface area (TPSA) is 120 Å². The molecule has 0 radical (unpaired) electrons. The van der Waals surface area contributed by atoms with Crippen LogP contribution in [-0.2, 0) is 16.6 Å². The summed E-state index contributed by atoms with van der Waals surface area (Å²) in [6.07, 6.45) is 0. The molecule has 26 heavy (non-hydrogen) atoms. The number of benzene rings is 2. The summed E-state index contributed by atoms with van der Waals surface area (Å²) in [7, 11) is -3.73. The quantitative estimate of drug-likeness (QED) is 0.704. The third kappa shape index (κ3) is 3.58. The number of nitrogens with zero attached hydrogens (tertiary/aromatic N) is 3. The molecule has 1 heterocycles. The predicted octanol–water partition coefficient (Wildman–Crippen LogP) is 1.59. The Morgan fingerprint density at radius 2 is 1.92 bits per heavy atom. The molecule has 0 aliphatic heterocycles. The van der Waals surface area contributed by atoms with Crippen molar-refractivity contribution < 1.29 is 13.2 Å². The average Bonchev–Trinajstić information content (AvgIpc) is 3.03. The Morgan fingerprint density at radius 3 is 2.54 bits per heavy atom. The van der Waals surface area contributed by atoms with E-state index in [1.165, 1.54) is 12.1 Å². The molecule has 0 bridgehead atoms. The zero-order valence-electron chi connectivity index (χ0n) is 14.4. The molecule has 0 aliphatic carbocycles. The largest absolute Gasteiger partial charge is 0.346 e. The molecule has 0 spiro atoms. The van der Waals surface area contributed by atoms with Gasteiger partial charge in [0.05, 0.1) is 16.5 Å². The Hall–Kier alpha value is -2.78. The van der Waals surface area contributed by atoms with Crippen LogP contribution >= 0.6 is 0 Å². The summed E-state index contributed by atoms with van der Waals surface area (Å²) in [6, 6.07) is 11.0. The Morgan fingerprint density at radius 1 is 1.23 bits per heavy atom. The Labute approximate surface area is 151 Å². The zero-order valence-corrected chi connectivity index (χ0v) is 15.2. The van der Waals surface area contributed by atoms with Gasteiger partial charge in [0.1, 0.15) is 5.52 Å². The van der Waals surface area contributed by atoms with Crippen LogP contribution in [0.4, 0.5) is 0 Å². The maximum Gasteiger partial charge on any atom is 0.251 e. The summed E-state index contributed by atoms with van der Waals surface area (Å²) in [6.45, 7) is 4.49. The number of sulfonamides is 1. The minimum atomic E-state index is -3.73. The molecule has 0 saturated carbocycles. The maximum atomic E-state index is 12.5. The molecular weight excluding hydrogens is 354 g/mol. The zero-order chi connectivity index (χ0) is 18.9. The Kier molecular flexibility index (Phi) is 4.75. The average molecular weight is 373 g/mol. The van der Waals surface area contributed by atoms with E-state index in [1.54, 1.807) is 28.9 Å². The van der Waals surface area contributed by atoms with Crippen LogP contribution in [0.5, 0.6) is 0 Å². The van der Waals surface area contributed by atoms with Gasteiger partial charge in [0, 0.05) is 12.1 Å². The standard InChI is InChI=1S/C17H19N5O3S/c1-3-22-16-9-6-13(10-15(16)20-21-22)17(23)19-11(2)12-4-7-14(8-5-12)26(18,24)25/h4-11H,3H2,1-2H3,(H,19,23)(H2,18,24,25)/t11-/m0/s1. The Balaban J connectivity index is 1.76. The number of nitrogens with one attached hydrogen (secondary N) is 1. The maximum absolute atomic E-state index is 12.5. The summed E-state index contributed by atoms with van der Waals surface area (Å²) in [5.41, 5.74) is 2.78. The summed E-state index contributed by atoms with van der Waals surface area (Å²) < 4.78 is 24.4. The van der Waals surface area contributed by atoms with Gasteiger partial charge in [0.25, 0.3) is 5.91 Å². The third-order valence-electron chi connectivity index (χ3n) is 4.13. The van der Waals surface area contributed by atoms with Crippen molar-refractivity contribution in [2.24, 2.45) is 5.14 Å². The summed E-state index contributed by atoms with van der Waals surface area (Å²) in [5.74, 6) is -0.249. The van der Waals surface area contributed by atoms with Crippen molar-refractivity contribution in [2.45, 2.75) is 31.3 Å². The molecule has 0 saturated heterocycles. The van der Waals surface area contributed by atoms with E-state index in [1.807, 2.05) is 19.9 Å². The number of carbonyl (C=O) groups excluding carboxylic acids is 1. The number of aromatic nitrogens is 3. The second-order valence-corrected chi connectivity index (χ2v) is 7.48. The van der Waals surface area contributed by atoms with Gasteiger partial charge in [-0.05, 0) is 49.7 Å². The highest BCUT2D eigenvalue weighted by Crippen LogP contribution is 2.18. The van der Waals surface area contributed by atoms with E-state index in [4.69, 9.17) is 5.14 Å². The van der Waals surface area contributed by atoms with Crippen molar-refractivity contribution in [1.82, 2.24) is 20.3 Å². The van der Waals surface area contributed by atoms with Crippen molar-refractivity contribution in [1.29, 1.82) is 0 Å². The first-order chi connectivity index (χ1) is 12.3. The highest BCUT2D eigenvalue weighted by Gasteiger charge is 2.14. The second-order valence-electron chi connectivity index (χ2n) is 5.92. The molecule has 1 aromatic heterocycles. The SMILES string of the molecule is CCn1nnc2cc(C(=O)N[C@@H](C)c3ccc(S(N)(=O)=O)cc3)ccc21. The van der Waals surface area contributed by atoms with Gasteiger partial charge in [-0.1, -0.05) is 17.3 Å². The fourth-order valence-corrected chi connectivity index (χ4v) is 3.17. The van der Waals surface area contributed by atoms with Gasteiger partial charge in [-0.15, -0.1) is 5.10 Å². The fourth-order valence-electron chi connectivity index (χ4n) is 2.66. The van der Waals surface area contributed by atoms with Gasteiger partial charge in [0.15, 0.2) is 0 Å². The normalized spacial score (nSPS) is 12.9. The number of fused-ring (bicyclic) bond motifs is 1. The summed E-state index contributed by atoms with van der Waals surface area (Å²) in [5, 5.41) is 16.1.